The highest BCUT2D eigenvalue weighted by Gasteiger charge is 2.21. The van der Waals surface area contributed by atoms with Crippen LogP contribution >= 0.6 is 0 Å². The number of hydrogen-bond donors (Lipinski definition) is 0. The smallest absolute Gasteiger partial charge is 0.447 e. The molecule has 4 rings (SSSR count). The van der Waals surface area contributed by atoms with Crippen LogP contribution < -0.4 is 18.8 Å². The third kappa shape index (κ3) is 4.21. The molecule has 138 valence electrons. The van der Waals surface area contributed by atoms with Crippen molar-refractivity contribution in [3.63, 3.8) is 0 Å². The highest BCUT2D eigenvalue weighted by Crippen LogP contribution is 2.22. The van der Waals surface area contributed by atoms with Gasteiger partial charge in [0.15, 0.2) is 5.75 Å². The quantitative estimate of drug-likeness (QED) is 0.480. The molecular formula is C21H17N4O3+. The summed E-state index contributed by atoms with van der Waals surface area (Å²) in [7, 11) is 1.60. The van der Waals surface area contributed by atoms with E-state index in [0.717, 1.165) is 0 Å². The maximum atomic E-state index is 5.79. The molecule has 0 atom stereocenters. The van der Waals surface area contributed by atoms with Gasteiger partial charge < -0.3 is 14.2 Å². The van der Waals surface area contributed by atoms with Crippen molar-refractivity contribution in [3.05, 3.63) is 85.2 Å². The van der Waals surface area contributed by atoms with E-state index < -0.39 is 0 Å². The van der Waals surface area contributed by atoms with Crippen LogP contribution in [0.3, 0.4) is 0 Å². The van der Waals surface area contributed by atoms with Crippen molar-refractivity contribution in [3.8, 4) is 35.2 Å². The maximum Gasteiger partial charge on any atom is 0.447 e. The Balaban J connectivity index is 1.73. The normalized spacial score (nSPS) is 10.3. The molecule has 0 unspecified atom stereocenters. The highest BCUT2D eigenvalue weighted by molar-refractivity contribution is 5.27. The largest absolute Gasteiger partial charge is 0.494 e. The van der Waals surface area contributed by atoms with Crippen LogP contribution in [0.2, 0.25) is 0 Å². The van der Waals surface area contributed by atoms with Gasteiger partial charge in [0.1, 0.15) is 17.7 Å². The first kappa shape index (κ1) is 17.4. The molecule has 0 fully saturated rings. The average Bonchev–Trinajstić information content (AvgIpc) is 2.75. The van der Waals surface area contributed by atoms with Crippen LogP contribution in [0.15, 0.2) is 85.2 Å². The van der Waals surface area contributed by atoms with Crippen LogP contribution in [0.1, 0.15) is 0 Å². The summed E-state index contributed by atoms with van der Waals surface area (Å²) in [6.07, 6.45) is 3.56. The lowest BCUT2D eigenvalue weighted by atomic mass is 10.3. The second kappa shape index (κ2) is 8.13. The summed E-state index contributed by atoms with van der Waals surface area (Å²) in [5.41, 5.74) is 0. The molecule has 0 bridgehead atoms. The number of pyridine rings is 1. The van der Waals surface area contributed by atoms with E-state index in [9.17, 15) is 0 Å². The van der Waals surface area contributed by atoms with Crippen LogP contribution in [0.4, 0.5) is 0 Å². The van der Waals surface area contributed by atoms with E-state index >= 15 is 0 Å². The zero-order chi connectivity index (χ0) is 19.2. The summed E-state index contributed by atoms with van der Waals surface area (Å²) >= 11 is 0. The Morgan fingerprint density at radius 1 is 0.643 bits per heavy atom. The average molecular weight is 373 g/mol. The van der Waals surface area contributed by atoms with Gasteiger partial charge in [-0.05, 0) is 46.4 Å². The Hall–Kier alpha value is -4.00. The lowest BCUT2D eigenvalue weighted by Gasteiger charge is -2.05. The van der Waals surface area contributed by atoms with Crippen molar-refractivity contribution < 1.29 is 18.8 Å². The molecule has 0 aliphatic heterocycles. The maximum absolute atomic E-state index is 5.79. The second-order valence-electron chi connectivity index (χ2n) is 5.68. The number of nitrogens with zero attached hydrogens (tertiary/aromatic N) is 4. The van der Waals surface area contributed by atoms with Gasteiger partial charge in [0.05, 0.1) is 13.3 Å². The first-order valence-electron chi connectivity index (χ1n) is 8.58. The molecule has 0 N–H and O–H groups in total. The first-order chi connectivity index (χ1) is 13.8. The second-order valence-corrected chi connectivity index (χ2v) is 5.68. The molecule has 0 saturated carbocycles. The third-order valence-corrected chi connectivity index (χ3v) is 3.73. The zero-order valence-electron chi connectivity index (χ0n) is 15.1. The summed E-state index contributed by atoms with van der Waals surface area (Å²) in [6.45, 7) is 0. The predicted octanol–water partition coefficient (Wildman–Crippen LogP) is 3.74. The summed E-state index contributed by atoms with van der Waals surface area (Å²) in [4.78, 5) is 13.1. The van der Waals surface area contributed by atoms with Crippen molar-refractivity contribution in [2.75, 3.05) is 7.11 Å². The molecular weight excluding hydrogens is 356 g/mol. The molecule has 0 radical (unpaired) electrons. The van der Waals surface area contributed by atoms with Gasteiger partial charge in [-0.15, -0.1) is 4.98 Å². The lowest BCUT2D eigenvalue weighted by Crippen LogP contribution is -2.32. The monoisotopic (exact) mass is 373 g/mol. The van der Waals surface area contributed by atoms with Crippen molar-refractivity contribution in [1.29, 1.82) is 0 Å². The van der Waals surface area contributed by atoms with E-state index in [-0.39, 0.29) is 12.0 Å². The number of ether oxygens (including phenoxy) is 3. The standard InChI is InChI=1S/C21H17N4O3/c1-26-18-13-8-14-25(15-18)19-22-20(27-16-9-4-2-5-10-16)24-21(23-19)28-17-11-6-3-7-12-17/h2-15H,1H3/q+1. The molecule has 0 aliphatic carbocycles. The highest BCUT2D eigenvalue weighted by atomic mass is 16.5. The van der Waals surface area contributed by atoms with Gasteiger partial charge >= 0.3 is 18.0 Å². The number of methoxy groups -OCH3 is 1. The van der Waals surface area contributed by atoms with Crippen LogP contribution in [0.25, 0.3) is 5.95 Å². The molecule has 4 aromatic rings. The summed E-state index contributed by atoms with van der Waals surface area (Å²) < 4.78 is 18.6. The van der Waals surface area contributed by atoms with Crippen LogP contribution in [0, 0.1) is 0 Å². The Kier molecular flexibility index (Phi) is 5.06. The lowest BCUT2D eigenvalue weighted by molar-refractivity contribution is -0.604. The molecule has 2 heterocycles. The van der Waals surface area contributed by atoms with Gasteiger partial charge in [-0.1, -0.05) is 36.4 Å². The minimum absolute atomic E-state index is 0.123. The van der Waals surface area contributed by atoms with Crippen molar-refractivity contribution in [2.45, 2.75) is 0 Å². The Morgan fingerprint density at radius 2 is 1.18 bits per heavy atom. The molecule has 7 heteroatoms. The van der Waals surface area contributed by atoms with Gasteiger partial charge in [0, 0.05) is 0 Å². The third-order valence-electron chi connectivity index (χ3n) is 3.73. The molecule has 2 aromatic carbocycles. The Bertz CT molecular complexity index is 1000. The van der Waals surface area contributed by atoms with Crippen molar-refractivity contribution in [2.24, 2.45) is 0 Å². The minimum atomic E-state index is 0.123. The number of hydrogen-bond acceptors (Lipinski definition) is 6. The van der Waals surface area contributed by atoms with Crippen LogP contribution in [0.5, 0.6) is 29.3 Å². The van der Waals surface area contributed by atoms with E-state index in [1.165, 1.54) is 0 Å². The first-order valence-corrected chi connectivity index (χ1v) is 8.58. The SMILES string of the molecule is COc1ccc[n+](-c2nc(Oc3ccccc3)nc(Oc3ccccc3)n2)c1. The van der Waals surface area contributed by atoms with Crippen molar-refractivity contribution in [1.82, 2.24) is 15.0 Å². The summed E-state index contributed by atoms with van der Waals surface area (Å²) in [6, 6.07) is 22.5. The van der Waals surface area contributed by atoms with E-state index in [1.807, 2.05) is 72.8 Å². The van der Waals surface area contributed by atoms with Crippen molar-refractivity contribution >= 4 is 0 Å². The van der Waals surface area contributed by atoms with Gasteiger partial charge in [0.2, 0.25) is 0 Å². The fourth-order valence-corrected chi connectivity index (χ4v) is 2.42. The molecule has 0 saturated heterocycles. The molecule has 2 aromatic heterocycles. The molecule has 0 amide bonds. The topological polar surface area (TPSA) is 70.2 Å². The Morgan fingerprint density at radius 3 is 1.71 bits per heavy atom. The van der Waals surface area contributed by atoms with E-state index in [2.05, 4.69) is 15.0 Å². The number of para-hydroxylation sites is 2. The number of benzene rings is 2. The van der Waals surface area contributed by atoms with Crippen LogP contribution in [-0.2, 0) is 0 Å². The molecule has 7 nitrogen and oxygen atoms in total. The number of aromatic nitrogens is 4. The van der Waals surface area contributed by atoms with Gasteiger partial charge in [0.25, 0.3) is 0 Å². The predicted molar refractivity (Wildman–Crippen MR) is 101 cm³/mol. The molecule has 0 spiro atoms. The zero-order valence-corrected chi connectivity index (χ0v) is 15.1. The summed E-state index contributed by atoms with van der Waals surface area (Å²) in [5.74, 6) is 2.23. The van der Waals surface area contributed by atoms with E-state index in [0.29, 0.717) is 23.2 Å². The van der Waals surface area contributed by atoms with E-state index in [1.54, 1.807) is 24.1 Å². The molecule has 28 heavy (non-hydrogen) atoms. The van der Waals surface area contributed by atoms with Gasteiger partial charge in [-0.25, -0.2) is 4.57 Å². The molecule has 0 aliphatic rings. The van der Waals surface area contributed by atoms with E-state index in [4.69, 9.17) is 14.2 Å². The number of rotatable bonds is 6. The fraction of sp³-hybridized carbons (Fsp3) is 0.0476. The van der Waals surface area contributed by atoms with Crippen LogP contribution in [-0.4, -0.2) is 22.1 Å². The van der Waals surface area contributed by atoms with Gasteiger partial charge in [-0.3, -0.25) is 0 Å². The van der Waals surface area contributed by atoms with Gasteiger partial charge in [-0.2, -0.15) is 0 Å². The Labute approximate surface area is 161 Å². The summed E-state index contributed by atoms with van der Waals surface area (Å²) in [5, 5.41) is 0. The minimum Gasteiger partial charge on any atom is -0.494 e. The fourth-order valence-electron chi connectivity index (χ4n) is 2.42.